The molecule has 2 aliphatic rings. The van der Waals surface area contributed by atoms with Gasteiger partial charge in [0.15, 0.2) is 0 Å². The molecule has 0 aromatic rings. The monoisotopic (exact) mass is 143 g/mol. The number of likely N-dealkylation sites (tertiary alicyclic amines) is 1. The van der Waals surface area contributed by atoms with Gasteiger partial charge in [-0.1, -0.05) is 0 Å². The average Bonchev–Trinajstić information content (AvgIpc) is 2.53. The van der Waals surface area contributed by atoms with E-state index in [2.05, 4.69) is 11.9 Å². The van der Waals surface area contributed by atoms with Gasteiger partial charge >= 0.3 is 0 Å². The first-order valence-electron chi connectivity index (χ1n) is 4.06. The zero-order valence-electron chi connectivity index (χ0n) is 6.44. The lowest BCUT2D eigenvalue weighted by atomic mass is 9.94. The second kappa shape index (κ2) is 1.94. The molecule has 1 aliphatic carbocycles. The Morgan fingerprint density at radius 1 is 1.40 bits per heavy atom. The maximum Gasteiger partial charge on any atom is 0.107 e. The minimum atomic E-state index is -0.457. The lowest BCUT2D eigenvalue weighted by Crippen LogP contribution is -2.32. The lowest BCUT2D eigenvalue weighted by molar-refractivity contribution is 0.181. The number of halogens is 1. The van der Waals surface area contributed by atoms with Crippen LogP contribution in [0.1, 0.15) is 19.3 Å². The Hall–Kier alpha value is -0.110. The van der Waals surface area contributed by atoms with E-state index >= 15 is 0 Å². The number of hydrogen-bond acceptors (Lipinski definition) is 1. The Labute approximate surface area is 61.2 Å². The van der Waals surface area contributed by atoms with Crippen molar-refractivity contribution in [3.8, 4) is 0 Å². The van der Waals surface area contributed by atoms with Gasteiger partial charge in [0.1, 0.15) is 6.17 Å². The Kier molecular flexibility index (Phi) is 1.28. The van der Waals surface area contributed by atoms with E-state index in [1.54, 1.807) is 0 Å². The molecule has 58 valence electrons. The van der Waals surface area contributed by atoms with Crippen LogP contribution < -0.4 is 0 Å². The van der Waals surface area contributed by atoms with Crippen molar-refractivity contribution in [2.24, 2.45) is 5.41 Å². The molecule has 0 aromatic heterocycles. The predicted molar refractivity (Wildman–Crippen MR) is 38.7 cm³/mol. The fourth-order valence-corrected chi connectivity index (χ4v) is 1.88. The maximum atomic E-state index is 12.8. The molecule has 1 heterocycles. The highest BCUT2D eigenvalue weighted by molar-refractivity contribution is 5.05. The number of nitrogens with zero attached hydrogens (tertiary/aromatic N) is 1. The van der Waals surface area contributed by atoms with E-state index in [-0.39, 0.29) is 5.41 Å². The minimum absolute atomic E-state index is 0.159. The van der Waals surface area contributed by atoms with E-state index < -0.39 is 6.17 Å². The Morgan fingerprint density at radius 3 is 2.30 bits per heavy atom. The summed E-state index contributed by atoms with van der Waals surface area (Å²) in [7, 11) is 2.11. The van der Waals surface area contributed by atoms with Gasteiger partial charge in [-0.05, 0) is 39.4 Å². The van der Waals surface area contributed by atoms with Gasteiger partial charge in [0.25, 0.3) is 0 Å². The van der Waals surface area contributed by atoms with Crippen LogP contribution in [0.2, 0.25) is 0 Å². The summed E-state index contributed by atoms with van der Waals surface area (Å²) in [5, 5.41) is 0. The molecular formula is C8H14FN. The highest BCUT2D eigenvalue weighted by Gasteiger charge is 2.55. The number of hydrogen-bond donors (Lipinski definition) is 0. The van der Waals surface area contributed by atoms with Crippen LogP contribution in [0.4, 0.5) is 4.39 Å². The minimum Gasteiger partial charge on any atom is -0.306 e. The van der Waals surface area contributed by atoms with E-state index in [9.17, 15) is 4.39 Å². The first-order chi connectivity index (χ1) is 4.73. The zero-order valence-corrected chi connectivity index (χ0v) is 6.44. The van der Waals surface area contributed by atoms with Crippen molar-refractivity contribution in [3.63, 3.8) is 0 Å². The van der Waals surface area contributed by atoms with Gasteiger partial charge in [-0.2, -0.15) is 0 Å². The van der Waals surface area contributed by atoms with Crippen LogP contribution in [0.25, 0.3) is 0 Å². The fourth-order valence-electron chi connectivity index (χ4n) is 1.88. The molecule has 0 radical (unpaired) electrons. The van der Waals surface area contributed by atoms with Gasteiger partial charge < -0.3 is 4.90 Å². The Morgan fingerprint density at radius 2 is 1.90 bits per heavy atom. The van der Waals surface area contributed by atoms with Gasteiger partial charge in [0.2, 0.25) is 0 Å². The Balaban J connectivity index is 1.93. The molecule has 2 heteroatoms. The highest BCUT2D eigenvalue weighted by Crippen LogP contribution is 2.55. The number of alkyl halides is 1. The van der Waals surface area contributed by atoms with Gasteiger partial charge in [0.05, 0.1) is 0 Å². The molecule has 1 saturated heterocycles. The average molecular weight is 143 g/mol. The second-order valence-corrected chi connectivity index (χ2v) is 3.84. The molecule has 10 heavy (non-hydrogen) atoms. The third-order valence-electron chi connectivity index (χ3n) is 3.07. The summed E-state index contributed by atoms with van der Waals surface area (Å²) in [6.45, 7) is 2.20. The van der Waals surface area contributed by atoms with Crippen LogP contribution in [0, 0.1) is 5.41 Å². The Bertz CT molecular complexity index is 138. The summed E-state index contributed by atoms with van der Waals surface area (Å²) in [6, 6.07) is 0. The third kappa shape index (κ3) is 0.858. The predicted octanol–water partition coefficient (Wildman–Crippen LogP) is 1.44. The topological polar surface area (TPSA) is 3.24 Å². The van der Waals surface area contributed by atoms with E-state index in [1.165, 1.54) is 0 Å². The largest absolute Gasteiger partial charge is 0.306 e. The van der Waals surface area contributed by atoms with E-state index in [1.807, 2.05) is 0 Å². The number of piperidine rings is 1. The van der Waals surface area contributed by atoms with Crippen molar-refractivity contribution in [3.05, 3.63) is 0 Å². The van der Waals surface area contributed by atoms with Gasteiger partial charge in [-0.15, -0.1) is 0 Å². The third-order valence-corrected chi connectivity index (χ3v) is 3.07. The van der Waals surface area contributed by atoms with Crippen molar-refractivity contribution in [1.82, 2.24) is 4.90 Å². The molecule has 1 nitrogen and oxygen atoms in total. The van der Waals surface area contributed by atoms with Gasteiger partial charge in [-0.3, -0.25) is 0 Å². The quantitative estimate of drug-likeness (QED) is 0.496. The summed E-state index contributed by atoms with van der Waals surface area (Å²) < 4.78 is 12.8. The van der Waals surface area contributed by atoms with Crippen LogP contribution in [-0.4, -0.2) is 31.2 Å². The first-order valence-corrected chi connectivity index (χ1v) is 4.06. The van der Waals surface area contributed by atoms with Crippen molar-refractivity contribution in [1.29, 1.82) is 0 Å². The molecule has 2 rings (SSSR count). The van der Waals surface area contributed by atoms with E-state index in [4.69, 9.17) is 0 Å². The van der Waals surface area contributed by atoms with Crippen LogP contribution in [-0.2, 0) is 0 Å². The fraction of sp³-hybridized carbons (Fsp3) is 1.00. The standard InChI is InChI=1S/C8H14FN/c1-10-4-2-8(3-5-10)6-7(8)9/h7H,2-6H2,1H3. The molecule has 0 amide bonds. The SMILES string of the molecule is CN1CCC2(CC1)CC2F. The molecular weight excluding hydrogens is 129 g/mol. The maximum absolute atomic E-state index is 12.8. The van der Waals surface area contributed by atoms with Crippen molar-refractivity contribution in [2.45, 2.75) is 25.4 Å². The summed E-state index contributed by atoms with van der Waals surface area (Å²) in [6.07, 6.45) is 2.57. The smallest absolute Gasteiger partial charge is 0.107 e. The summed E-state index contributed by atoms with van der Waals surface area (Å²) in [4.78, 5) is 2.29. The highest BCUT2D eigenvalue weighted by atomic mass is 19.1. The van der Waals surface area contributed by atoms with E-state index in [0.717, 1.165) is 32.4 Å². The second-order valence-electron chi connectivity index (χ2n) is 3.84. The van der Waals surface area contributed by atoms with Crippen LogP contribution >= 0.6 is 0 Å². The zero-order chi connectivity index (χ0) is 7.19. The summed E-state index contributed by atoms with van der Waals surface area (Å²) in [5.41, 5.74) is 0.159. The van der Waals surface area contributed by atoms with Crippen LogP contribution in [0.15, 0.2) is 0 Å². The van der Waals surface area contributed by atoms with E-state index in [0.29, 0.717) is 0 Å². The molecule has 2 fully saturated rings. The normalized spacial score (nSPS) is 38.4. The van der Waals surface area contributed by atoms with Gasteiger partial charge in [-0.25, -0.2) is 4.39 Å². The molecule has 0 aromatic carbocycles. The molecule has 1 spiro atoms. The summed E-state index contributed by atoms with van der Waals surface area (Å²) >= 11 is 0. The first kappa shape index (κ1) is 6.59. The van der Waals surface area contributed by atoms with Crippen molar-refractivity contribution >= 4 is 0 Å². The molecule has 1 atom stereocenters. The molecule has 1 saturated carbocycles. The lowest BCUT2D eigenvalue weighted by Gasteiger charge is -2.28. The summed E-state index contributed by atoms with van der Waals surface area (Å²) in [5.74, 6) is 0. The van der Waals surface area contributed by atoms with Crippen molar-refractivity contribution in [2.75, 3.05) is 20.1 Å². The van der Waals surface area contributed by atoms with Crippen LogP contribution in [0.3, 0.4) is 0 Å². The molecule has 1 unspecified atom stereocenters. The molecule has 1 aliphatic heterocycles. The molecule has 0 N–H and O–H groups in total. The van der Waals surface area contributed by atoms with Crippen LogP contribution in [0.5, 0.6) is 0 Å². The van der Waals surface area contributed by atoms with Gasteiger partial charge in [0, 0.05) is 5.41 Å². The number of rotatable bonds is 0. The van der Waals surface area contributed by atoms with Crippen molar-refractivity contribution < 1.29 is 4.39 Å². The molecule has 0 bridgehead atoms.